The molecular weight excluding hydrogens is 703 g/mol. The van der Waals surface area contributed by atoms with Gasteiger partial charge in [0.15, 0.2) is 0 Å². The van der Waals surface area contributed by atoms with E-state index >= 15 is 0 Å². The van der Waals surface area contributed by atoms with Crippen molar-refractivity contribution >= 4 is 28.0 Å². The summed E-state index contributed by atoms with van der Waals surface area (Å²) in [6.45, 7) is 0. The lowest BCUT2D eigenvalue weighted by Gasteiger charge is -2.28. The summed E-state index contributed by atoms with van der Waals surface area (Å²) >= 11 is 0. The molecule has 0 radical (unpaired) electrons. The van der Waals surface area contributed by atoms with Crippen LogP contribution >= 0.6 is 0 Å². The molecule has 0 fully saturated rings. The predicted molar refractivity (Wildman–Crippen MR) is 242 cm³/mol. The molecule has 11 rings (SSSR count). The normalized spacial score (nSPS) is 11.8. The Hall–Kier alpha value is -7.75. The van der Waals surface area contributed by atoms with E-state index in [0.29, 0.717) is 0 Å². The van der Waals surface area contributed by atoms with Crippen molar-refractivity contribution < 1.29 is 0 Å². The second kappa shape index (κ2) is 14.1. The van der Waals surface area contributed by atoms with E-state index in [1.165, 1.54) is 44.4 Å². The molecular formula is C55H37N3. The van der Waals surface area contributed by atoms with Crippen LogP contribution in [-0.4, -0.2) is 9.55 Å². The molecule has 3 heterocycles. The Morgan fingerprint density at radius 3 is 1.47 bits per heavy atom. The van der Waals surface area contributed by atoms with Crippen LogP contribution in [0, 0.1) is 0 Å². The van der Waals surface area contributed by atoms with Gasteiger partial charge in [0.05, 0.1) is 34.0 Å². The molecule has 0 spiro atoms. The zero-order chi connectivity index (χ0) is 38.4. The van der Waals surface area contributed by atoms with E-state index in [-0.39, 0.29) is 0 Å². The quantitative estimate of drug-likeness (QED) is 0.169. The van der Waals surface area contributed by atoms with Gasteiger partial charge < -0.3 is 9.47 Å². The highest BCUT2D eigenvalue weighted by molar-refractivity contribution is 6.15. The molecule has 0 saturated heterocycles. The van der Waals surface area contributed by atoms with Gasteiger partial charge in [-0.2, -0.15) is 0 Å². The predicted octanol–water partition coefficient (Wildman–Crippen LogP) is 14.8. The van der Waals surface area contributed by atoms with Crippen molar-refractivity contribution in [1.82, 2.24) is 9.55 Å². The van der Waals surface area contributed by atoms with Crippen molar-refractivity contribution in [1.29, 1.82) is 0 Å². The Labute approximate surface area is 338 Å². The first-order valence-corrected chi connectivity index (χ1v) is 19.8. The van der Waals surface area contributed by atoms with Crippen molar-refractivity contribution in [2.75, 3.05) is 4.90 Å². The first-order valence-electron chi connectivity index (χ1n) is 19.8. The Morgan fingerprint density at radius 1 is 0.328 bits per heavy atom. The Morgan fingerprint density at radius 2 is 0.810 bits per heavy atom. The number of rotatable bonds is 6. The number of pyridine rings is 1. The zero-order valence-corrected chi connectivity index (χ0v) is 31.7. The van der Waals surface area contributed by atoms with E-state index in [0.717, 1.165) is 56.4 Å². The Balaban J connectivity index is 1.16. The third-order valence-electron chi connectivity index (χ3n) is 11.3. The van der Waals surface area contributed by atoms with Gasteiger partial charge in [0, 0.05) is 50.1 Å². The van der Waals surface area contributed by atoms with Crippen molar-refractivity contribution in [3.63, 3.8) is 0 Å². The molecule has 0 atom stereocenters. The van der Waals surface area contributed by atoms with Crippen LogP contribution in [0.5, 0.6) is 0 Å². The molecule has 10 aromatic rings. The van der Waals surface area contributed by atoms with Gasteiger partial charge in [0.2, 0.25) is 0 Å². The van der Waals surface area contributed by atoms with Crippen LogP contribution in [0.1, 0.15) is 0 Å². The van der Waals surface area contributed by atoms with Gasteiger partial charge in [-0.15, -0.1) is 0 Å². The van der Waals surface area contributed by atoms with E-state index in [4.69, 9.17) is 4.98 Å². The van der Waals surface area contributed by atoms with Crippen LogP contribution in [0.3, 0.4) is 0 Å². The van der Waals surface area contributed by atoms with Crippen molar-refractivity contribution in [3.05, 3.63) is 224 Å². The van der Waals surface area contributed by atoms with E-state index in [1.54, 1.807) is 0 Å². The largest absolute Gasteiger partial charge is 0.309 e. The molecule has 2 aromatic heterocycles. The topological polar surface area (TPSA) is 21.1 Å². The molecule has 272 valence electrons. The van der Waals surface area contributed by atoms with Crippen LogP contribution in [0.25, 0.3) is 83.7 Å². The average Bonchev–Trinajstić information content (AvgIpc) is 3.59. The SMILES string of the molecule is c1ccc(-c2cc(-c3cccc(N4c5ccccc5-c5c(n(-c6ccccc6)c6c(-c7ccccc7)cccc56)-c5ccccc54)c3)cc(-c3ccccc3)n2)cc1. The van der Waals surface area contributed by atoms with Crippen LogP contribution in [0.4, 0.5) is 17.1 Å². The number of benzene rings is 8. The number of hydrogen-bond donors (Lipinski definition) is 0. The molecule has 0 amide bonds. The highest BCUT2D eigenvalue weighted by Gasteiger charge is 2.32. The number of aromatic nitrogens is 2. The molecule has 1 aliphatic heterocycles. The van der Waals surface area contributed by atoms with Gasteiger partial charge in [-0.25, -0.2) is 4.98 Å². The second-order valence-electron chi connectivity index (χ2n) is 14.7. The number of nitrogens with zero attached hydrogens (tertiary/aromatic N) is 3. The van der Waals surface area contributed by atoms with E-state index < -0.39 is 0 Å². The van der Waals surface area contributed by atoms with Crippen molar-refractivity contribution in [2.24, 2.45) is 0 Å². The molecule has 0 unspecified atom stereocenters. The summed E-state index contributed by atoms with van der Waals surface area (Å²) < 4.78 is 2.50. The van der Waals surface area contributed by atoms with Crippen molar-refractivity contribution in [3.8, 4) is 72.8 Å². The van der Waals surface area contributed by atoms with Crippen LogP contribution in [0.2, 0.25) is 0 Å². The lowest BCUT2D eigenvalue weighted by molar-refractivity contribution is 1.13. The lowest BCUT2D eigenvalue weighted by atomic mass is 9.96. The number of fused-ring (bicyclic) bond motifs is 7. The molecule has 3 heteroatoms. The third kappa shape index (κ3) is 5.64. The number of anilines is 3. The van der Waals surface area contributed by atoms with Gasteiger partial charge >= 0.3 is 0 Å². The fourth-order valence-corrected chi connectivity index (χ4v) is 8.74. The van der Waals surface area contributed by atoms with Gasteiger partial charge in [0.1, 0.15) is 0 Å². The van der Waals surface area contributed by atoms with E-state index in [1.807, 2.05) is 0 Å². The summed E-state index contributed by atoms with van der Waals surface area (Å²) in [6, 6.07) is 80.5. The van der Waals surface area contributed by atoms with Crippen LogP contribution in [0.15, 0.2) is 224 Å². The summed E-state index contributed by atoms with van der Waals surface area (Å²) in [5.41, 5.74) is 19.1. The fraction of sp³-hybridized carbons (Fsp3) is 0. The number of para-hydroxylation sites is 4. The van der Waals surface area contributed by atoms with Gasteiger partial charge in [0.25, 0.3) is 0 Å². The molecule has 0 bridgehead atoms. The van der Waals surface area contributed by atoms with Gasteiger partial charge in [-0.05, 0) is 65.2 Å². The molecule has 8 aromatic carbocycles. The Bertz CT molecular complexity index is 3040. The molecule has 3 nitrogen and oxygen atoms in total. The highest BCUT2D eigenvalue weighted by atomic mass is 15.2. The van der Waals surface area contributed by atoms with Crippen LogP contribution in [-0.2, 0) is 0 Å². The summed E-state index contributed by atoms with van der Waals surface area (Å²) in [5.74, 6) is 0. The van der Waals surface area contributed by atoms with Gasteiger partial charge in [-0.1, -0.05) is 176 Å². The first kappa shape index (κ1) is 33.6. The maximum absolute atomic E-state index is 5.17. The van der Waals surface area contributed by atoms with Crippen molar-refractivity contribution in [2.45, 2.75) is 0 Å². The monoisotopic (exact) mass is 739 g/mol. The van der Waals surface area contributed by atoms with E-state index in [2.05, 4.69) is 234 Å². The molecule has 0 saturated carbocycles. The summed E-state index contributed by atoms with van der Waals surface area (Å²) in [5, 5.41) is 1.22. The molecule has 0 aliphatic carbocycles. The summed E-state index contributed by atoms with van der Waals surface area (Å²) in [6.07, 6.45) is 0. The minimum atomic E-state index is 0.947. The maximum atomic E-state index is 5.17. The zero-order valence-electron chi connectivity index (χ0n) is 31.7. The Kier molecular flexibility index (Phi) is 8.15. The van der Waals surface area contributed by atoms with Crippen LogP contribution < -0.4 is 4.90 Å². The summed E-state index contributed by atoms with van der Waals surface area (Å²) in [7, 11) is 0. The third-order valence-corrected chi connectivity index (χ3v) is 11.3. The number of hydrogen-bond acceptors (Lipinski definition) is 2. The minimum Gasteiger partial charge on any atom is -0.309 e. The molecule has 1 aliphatic rings. The highest BCUT2D eigenvalue weighted by Crippen LogP contribution is 2.55. The summed E-state index contributed by atoms with van der Waals surface area (Å²) in [4.78, 5) is 7.62. The maximum Gasteiger partial charge on any atom is 0.0715 e. The standard InChI is InChI=1S/C55H37N3/c1-5-19-38(20-6-1)45-31-18-32-48-53-46-29-13-15-33-51(46)57(52-34-16-14-30-47(52)55(53)58(54(45)48)43-26-11-4-12-27-43)44-28-17-25-41(35-44)42-36-49(39-21-7-2-8-22-39)56-50(37-42)40-23-9-3-10-24-40/h1-37H. The van der Waals surface area contributed by atoms with E-state index in [9.17, 15) is 0 Å². The second-order valence-corrected chi connectivity index (χ2v) is 14.7. The minimum absolute atomic E-state index is 0.947. The average molecular weight is 740 g/mol. The first-order chi connectivity index (χ1) is 28.8. The molecule has 0 N–H and O–H groups in total. The lowest BCUT2D eigenvalue weighted by Crippen LogP contribution is -2.11. The molecule has 58 heavy (non-hydrogen) atoms. The van der Waals surface area contributed by atoms with Gasteiger partial charge in [-0.3, -0.25) is 0 Å². The smallest absolute Gasteiger partial charge is 0.0715 e. The fourth-order valence-electron chi connectivity index (χ4n) is 8.74.